The highest BCUT2D eigenvalue weighted by Crippen LogP contribution is 2.35. The number of hydrogen-bond acceptors (Lipinski definition) is 6. The van der Waals surface area contributed by atoms with E-state index in [9.17, 15) is 14.4 Å². The van der Waals surface area contributed by atoms with Gasteiger partial charge in [0.15, 0.2) is 5.79 Å². The lowest BCUT2D eigenvalue weighted by Gasteiger charge is -2.44. The van der Waals surface area contributed by atoms with E-state index in [1.54, 1.807) is 13.8 Å². The first kappa shape index (κ1) is 36.5. The minimum Gasteiger partial charge on any atom is -0.460 e. The first-order valence-electron chi connectivity index (χ1n) is 17.1. The van der Waals surface area contributed by atoms with Crippen molar-refractivity contribution in [3.63, 3.8) is 0 Å². The molecule has 0 spiro atoms. The van der Waals surface area contributed by atoms with Crippen LogP contribution in [0.2, 0.25) is 0 Å². The van der Waals surface area contributed by atoms with Crippen LogP contribution in [0.25, 0.3) is 0 Å². The van der Waals surface area contributed by atoms with Gasteiger partial charge in [-0.2, -0.15) is 0 Å². The highest BCUT2D eigenvalue weighted by atomic mass is 16.7. The maximum absolute atomic E-state index is 13.5. The fourth-order valence-electron chi connectivity index (χ4n) is 6.03. The molecule has 244 valence electrons. The zero-order valence-electron chi connectivity index (χ0n) is 27.7. The van der Waals surface area contributed by atoms with Crippen molar-refractivity contribution < 1.29 is 28.6 Å². The fourth-order valence-corrected chi connectivity index (χ4v) is 6.03. The summed E-state index contributed by atoms with van der Waals surface area (Å²) in [5.74, 6) is -1.27. The average molecular weight is 595 g/mol. The summed E-state index contributed by atoms with van der Waals surface area (Å²) in [6.07, 6.45) is 16.5. The molecular formula is C34H62N2O6. The minimum atomic E-state index is -0.833. The Morgan fingerprint density at radius 1 is 0.857 bits per heavy atom. The van der Waals surface area contributed by atoms with Crippen LogP contribution >= 0.6 is 0 Å². The molecule has 1 aliphatic heterocycles. The summed E-state index contributed by atoms with van der Waals surface area (Å²) in [4.78, 5) is 39.1. The number of ether oxygens (including phenoxy) is 3. The van der Waals surface area contributed by atoms with E-state index in [4.69, 9.17) is 14.2 Å². The molecule has 2 fully saturated rings. The Labute approximate surface area is 256 Å². The molecule has 2 aliphatic rings. The smallest absolute Gasteiger partial charge is 0.307 e. The molecule has 0 radical (unpaired) electrons. The highest BCUT2D eigenvalue weighted by Gasteiger charge is 2.45. The normalized spacial score (nSPS) is 23.4. The largest absolute Gasteiger partial charge is 0.460 e. The Balaban J connectivity index is 1.85. The summed E-state index contributed by atoms with van der Waals surface area (Å²) in [6, 6.07) is -0.147. The van der Waals surface area contributed by atoms with Gasteiger partial charge in [0.25, 0.3) is 0 Å². The van der Waals surface area contributed by atoms with Gasteiger partial charge in [-0.3, -0.25) is 14.4 Å². The quantitative estimate of drug-likeness (QED) is 0.124. The highest BCUT2D eigenvalue weighted by molar-refractivity contribution is 5.82. The average Bonchev–Trinajstić information content (AvgIpc) is 2.94. The lowest BCUT2D eigenvalue weighted by molar-refractivity contribution is -0.304. The summed E-state index contributed by atoms with van der Waals surface area (Å²) in [5, 5.41) is 6.14. The molecule has 0 aromatic carbocycles. The molecule has 2 N–H and O–H groups in total. The molecule has 8 heteroatoms. The van der Waals surface area contributed by atoms with Crippen molar-refractivity contribution in [1.82, 2.24) is 10.6 Å². The molecule has 0 aromatic rings. The van der Waals surface area contributed by atoms with E-state index in [1.165, 1.54) is 51.4 Å². The second-order valence-corrected chi connectivity index (χ2v) is 13.7. The molecule has 8 nitrogen and oxygen atoms in total. The number of unbranched alkanes of at least 4 members (excludes halogenated alkanes) is 8. The van der Waals surface area contributed by atoms with E-state index >= 15 is 0 Å². The number of carbonyl (C=O) groups excluding carboxylic acids is 3. The van der Waals surface area contributed by atoms with Crippen LogP contribution in [0.1, 0.15) is 151 Å². The zero-order valence-corrected chi connectivity index (χ0v) is 27.7. The maximum Gasteiger partial charge on any atom is 0.307 e. The number of nitrogens with one attached hydrogen (secondary N) is 2. The summed E-state index contributed by atoms with van der Waals surface area (Å²) in [5.41, 5.74) is -0.476. The Bertz CT molecular complexity index is 800. The zero-order chi connectivity index (χ0) is 31.0. The van der Waals surface area contributed by atoms with Crippen LogP contribution in [0.3, 0.4) is 0 Å². The van der Waals surface area contributed by atoms with E-state index < -0.39 is 17.3 Å². The Morgan fingerprint density at radius 3 is 2.07 bits per heavy atom. The predicted molar refractivity (Wildman–Crippen MR) is 167 cm³/mol. The Morgan fingerprint density at radius 2 is 1.45 bits per heavy atom. The molecule has 3 atom stereocenters. The number of amides is 2. The second-order valence-electron chi connectivity index (χ2n) is 13.7. The van der Waals surface area contributed by atoms with E-state index in [1.807, 2.05) is 13.8 Å². The molecule has 0 bridgehead atoms. The van der Waals surface area contributed by atoms with Crippen LogP contribution in [0.4, 0.5) is 0 Å². The van der Waals surface area contributed by atoms with Crippen LogP contribution in [0.15, 0.2) is 0 Å². The van der Waals surface area contributed by atoms with Gasteiger partial charge in [0.05, 0.1) is 19.1 Å². The van der Waals surface area contributed by atoms with Gasteiger partial charge in [-0.25, -0.2) is 0 Å². The summed E-state index contributed by atoms with van der Waals surface area (Å²) in [7, 11) is 0. The predicted octanol–water partition coefficient (Wildman–Crippen LogP) is 6.98. The molecular weight excluding hydrogens is 532 g/mol. The van der Waals surface area contributed by atoms with Crippen molar-refractivity contribution in [2.75, 3.05) is 13.2 Å². The minimum absolute atomic E-state index is 0.0309. The lowest BCUT2D eigenvalue weighted by atomic mass is 9.85. The standard InChI is InChI=1S/C34H62N2O6/c1-7-9-11-13-15-19-26(20-16-14-12-10-8-2)31(38)36-27-21-17-18-22-28(27)41-29(37)23-24-35-32(39)30-33(3,4)25-40-34(5,6)42-30/h26-28,30H,7-25H2,1-6H3,(H,35,39)(H,36,38)/t27-,28-,30?/m0/s1. The molecule has 1 saturated carbocycles. The van der Waals surface area contributed by atoms with Gasteiger partial charge in [0.1, 0.15) is 12.2 Å². The summed E-state index contributed by atoms with van der Waals surface area (Å²) in [6.45, 7) is 12.5. The van der Waals surface area contributed by atoms with E-state index in [0.717, 1.165) is 51.4 Å². The van der Waals surface area contributed by atoms with Gasteiger partial charge in [-0.05, 0) is 46.0 Å². The Hall–Kier alpha value is -1.67. The molecule has 0 aromatic heterocycles. The number of carbonyl (C=O) groups is 3. The lowest BCUT2D eigenvalue weighted by Crippen LogP contribution is -2.56. The van der Waals surface area contributed by atoms with Gasteiger partial charge >= 0.3 is 5.97 Å². The molecule has 1 aliphatic carbocycles. The van der Waals surface area contributed by atoms with Crippen LogP contribution in [-0.4, -0.2) is 55.0 Å². The molecule has 2 rings (SSSR count). The first-order valence-corrected chi connectivity index (χ1v) is 17.1. The van der Waals surface area contributed by atoms with Gasteiger partial charge in [-0.15, -0.1) is 0 Å². The maximum atomic E-state index is 13.5. The first-order chi connectivity index (χ1) is 20.0. The van der Waals surface area contributed by atoms with Crippen molar-refractivity contribution in [2.24, 2.45) is 11.3 Å². The fraction of sp³-hybridized carbons (Fsp3) is 0.912. The summed E-state index contributed by atoms with van der Waals surface area (Å²) >= 11 is 0. The van der Waals surface area contributed by atoms with Crippen LogP contribution in [0, 0.1) is 11.3 Å². The van der Waals surface area contributed by atoms with Crippen LogP contribution in [0.5, 0.6) is 0 Å². The Kier molecular flexibility index (Phi) is 16.4. The second kappa shape index (κ2) is 18.9. The van der Waals surface area contributed by atoms with Crippen LogP contribution < -0.4 is 10.6 Å². The molecule has 42 heavy (non-hydrogen) atoms. The SMILES string of the molecule is CCCCCCCC(CCCCCCC)C(=O)N[C@H]1CCCC[C@@H]1OC(=O)CCNC(=O)C1OC(C)(C)OCC1(C)C. The number of rotatable bonds is 19. The van der Waals surface area contributed by atoms with Gasteiger partial charge in [-0.1, -0.05) is 98.3 Å². The van der Waals surface area contributed by atoms with Gasteiger partial charge in [0.2, 0.25) is 11.8 Å². The molecule has 1 saturated heterocycles. The van der Waals surface area contributed by atoms with Crippen molar-refractivity contribution >= 4 is 17.8 Å². The van der Waals surface area contributed by atoms with Gasteiger partial charge in [0, 0.05) is 17.9 Å². The van der Waals surface area contributed by atoms with E-state index in [2.05, 4.69) is 24.5 Å². The van der Waals surface area contributed by atoms with Crippen molar-refractivity contribution in [3.8, 4) is 0 Å². The third-order valence-electron chi connectivity index (χ3n) is 8.77. The molecule has 2 amide bonds. The monoisotopic (exact) mass is 594 g/mol. The third kappa shape index (κ3) is 13.3. The van der Waals surface area contributed by atoms with Crippen molar-refractivity contribution in [1.29, 1.82) is 0 Å². The summed E-state index contributed by atoms with van der Waals surface area (Å²) < 4.78 is 17.5. The number of hydrogen-bond donors (Lipinski definition) is 2. The molecule has 1 unspecified atom stereocenters. The topological polar surface area (TPSA) is 103 Å². The number of esters is 1. The van der Waals surface area contributed by atoms with Crippen LogP contribution in [-0.2, 0) is 28.6 Å². The van der Waals surface area contributed by atoms with Gasteiger partial charge < -0.3 is 24.8 Å². The van der Waals surface area contributed by atoms with Crippen molar-refractivity contribution in [3.05, 3.63) is 0 Å². The van der Waals surface area contributed by atoms with Crippen molar-refractivity contribution in [2.45, 2.75) is 175 Å². The van der Waals surface area contributed by atoms with E-state index in [-0.39, 0.29) is 48.8 Å². The van der Waals surface area contributed by atoms with E-state index in [0.29, 0.717) is 6.61 Å². The third-order valence-corrected chi connectivity index (χ3v) is 8.77. The molecule has 1 heterocycles.